The number of carbonyl (C=O) groups is 2. The summed E-state index contributed by atoms with van der Waals surface area (Å²) < 4.78 is 21.2. The van der Waals surface area contributed by atoms with Crippen LogP contribution in [-0.2, 0) is 19.7 Å². The van der Waals surface area contributed by atoms with Crippen molar-refractivity contribution >= 4 is 12.1 Å². The molecule has 1 fully saturated rings. The van der Waals surface area contributed by atoms with Gasteiger partial charge in [-0.15, -0.1) is 0 Å². The van der Waals surface area contributed by atoms with E-state index in [-0.39, 0.29) is 12.1 Å². The van der Waals surface area contributed by atoms with Crippen molar-refractivity contribution in [1.82, 2.24) is 4.90 Å². The van der Waals surface area contributed by atoms with Gasteiger partial charge in [-0.25, -0.2) is 4.79 Å². The summed E-state index contributed by atoms with van der Waals surface area (Å²) in [6.45, 7) is 6.29. The lowest BCUT2D eigenvalue weighted by atomic mass is 9.72. The van der Waals surface area contributed by atoms with Gasteiger partial charge in [0.05, 0.1) is 26.7 Å². The van der Waals surface area contributed by atoms with E-state index in [1.807, 2.05) is 26.8 Å². The van der Waals surface area contributed by atoms with Crippen LogP contribution in [-0.4, -0.2) is 57.0 Å². The van der Waals surface area contributed by atoms with E-state index in [0.29, 0.717) is 37.4 Å². The predicted molar refractivity (Wildman–Crippen MR) is 100 cm³/mol. The van der Waals surface area contributed by atoms with E-state index in [4.69, 9.17) is 18.9 Å². The summed E-state index contributed by atoms with van der Waals surface area (Å²) in [7, 11) is 4.50. The lowest BCUT2D eigenvalue weighted by molar-refractivity contribution is -0.149. The number of carbonyl (C=O) groups excluding carboxylic acids is 2. The molecular weight excluding hydrogens is 350 g/mol. The highest BCUT2D eigenvalue weighted by Crippen LogP contribution is 2.40. The molecule has 0 aromatic heterocycles. The molecule has 1 aromatic carbocycles. The standard InChI is InChI=1S/C20H29NO6/c1-19(2,3)27-18(23)21-11-9-20(10-12-21,17(22)26-6)14-7-8-15(24-4)16(13-14)25-5/h7-8,13H,9-12H2,1-6H3. The fraction of sp³-hybridized carbons (Fsp3) is 0.600. The van der Waals surface area contributed by atoms with Crippen LogP contribution in [0.5, 0.6) is 11.5 Å². The molecule has 0 atom stereocenters. The number of benzene rings is 1. The highest BCUT2D eigenvalue weighted by Gasteiger charge is 2.45. The Hall–Kier alpha value is -2.44. The maximum Gasteiger partial charge on any atom is 0.410 e. The van der Waals surface area contributed by atoms with Crippen LogP contribution in [0.4, 0.5) is 4.79 Å². The number of piperidine rings is 1. The average Bonchev–Trinajstić information content (AvgIpc) is 2.65. The summed E-state index contributed by atoms with van der Waals surface area (Å²) in [4.78, 5) is 26.7. The Morgan fingerprint density at radius 1 is 1.00 bits per heavy atom. The van der Waals surface area contributed by atoms with Crippen molar-refractivity contribution in [3.63, 3.8) is 0 Å². The van der Waals surface area contributed by atoms with Gasteiger partial charge in [-0.1, -0.05) is 6.07 Å². The molecule has 2 rings (SSSR count). The van der Waals surface area contributed by atoms with Crippen molar-refractivity contribution in [1.29, 1.82) is 0 Å². The maximum absolute atomic E-state index is 12.7. The van der Waals surface area contributed by atoms with Gasteiger partial charge in [0, 0.05) is 13.1 Å². The summed E-state index contributed by atoms with van der Waals surface area (Å²) in [5, 5.41) is 0. The Balaban J connectivity index is 2.28. The van der Waals surface area contributed by atoms with Crippen LogP contribution in [0.3, 0.4) is 0 Å². The number of amides is 1. The third-order valence-electron chi connectivity index (χ3n) is 4.78. The maximum atomic E-state index is 12.7. The predicted octanol–water partition coefficient (Wildman–Crippen LogP) is 3.15. The number of likely N-dealkylation sites (tertiary alicyclic amines) is 1. The summed E-state index contributed by atoms with van der Waals surface area (Å²) in [6, 6.07) is 5.43. The molecule has 1 amide bonds. The lowest BCUT2D eigenvalue weighted by Crippen LogP contribution is -2.50. The van der Waals surface area contributed by atoms with Gasteiger partial charge in [0.15, 0.2) is 11.5 Å². The number of hydrogen-bond acceptors (Lipinski definition) is 6. The van der Waals surface area contributed by atoms with E-state index < -0.39 is 11.0 Å². The van der Waals surface area contributed by atoms with Crippen molar-refractivity contribution in [2.45, 2.75) is 44.6 Å². The van der Waals surface area contributed by atoms with Crippen molar-refractivity contribution in [2.75, 3.05) is 34.4 Å². The van der Waals surface area contributed by atoms with Crippen LogP contribution in [0.15, 0.2) is 18.2 Å². The van der Waals surface area contributed by atoms with Crippen LogP contribution in [0, 0.1) is 0 Å². The molecule has 0 radical (unpaired) electrons. The first kappa shape index (κ1) is 20.9. The molecule has 0 unspecified atom stereocenters. The lowest BCUT2D eigenvalue weighted by Gasteiger charge is -2.40. The molecule has 0 saturated carbocycles. The first-order chi connectivity index (χ1) is 12.7. The number of nitrogens with zero attached hydrogens (tertiary/aromatic N) is 1. The third kappa shape index (κ3) is 4.46. The monoisotopic (exact) mass is 379 g/mol. The summed E-state index contributed by atoms with van der Waals surface area (Å²) >= 11 is 0. The smallest absolute Gasteiger partial charge is 0.410 e. The zero-order valence-corrected chi connectivity index (χ0v) is 17.0. The van der Waals surface area contributed by atoms with Gasteiger partial charge in [0.2, 0.25) is 0 Å². The fourth-order valence-corrected chi connectivity index (χ4v) is 3.34. The van der Waals surface area contributed by atoms with Crippen LogP contribution < -0.4 is 9.47 Å². The van der Waals surface area contributed by atoms with Gasteiger partial charge in [-0.2, -0.15) is 0 Å². The molecule has 1 aromatic rings. The molecule has 7 heteroatoms. The van der Waals surface area contributed by atoms with Gasteiger partial charge in [-0.3, -0.25) is 4.79 Å². The molecular formula is C20H29NO6. The topological polar surface area (TPSA) is 74.3 Å². The highest BCUT2D eigenvalue weighted by atomic mass is 16.6. The van der Waals surface area contributed by atoms with Gasteiger partial charge in [0.1, 0.15) is 5.60 Å². The van der Waals surface area contributed by atoms with Crippen LogP contribution in [0.2, 0.25) is 0 Å². The number of ether oxygens (including phenoxy) is 4. The normalized spacial score (nSPS) is 16.4. The number of methoxy groups -OCH3 is 3. The fourth-order valence-electron chi connectivity index (χ4n) is 3.34. The van der Waals surface area contributed by atoms with Gasteiger partial charge >= 0.3 is 12.1 Å². The Kier molecular flexibility index (Phi) is 6.23. The molecule has 1 heterocycles. The van der Waals surface area contributed by atoms with E-state index in [9.17, 15) is 9.59 Å². The largest absolute Gasteiger partial charge is 0.493 e. The SMILES string of the molecule is COC(=O)C1(c2ccc(OC)c(OC)c2)CCN(C(=O)OC(C)(C)C)CC1. The summed E-state index contributed by atoms with van der Waals surface area (Å²) in [5.41, 5.74) is -0.611. The molecule has 0 bridgehead atoms. The molecule has 0 aliphatic carbocycles. The molecule has 1 saturated heterocycles. The van der Waals surface area contributed by atoms with Gasteiger partial charge in [0.25, 0.3) is 0 Å². The van der Waals surface area contributed by atoms with Crippen molar-refractivity contribution in [2.24, 2.45) is 0 Å². The summed E-state index contributed by atoms with van der Waals surface area (Å²) in [5.74, 6) is 0.818. The van der Waals surface area contributed by atoms with E-state index in [0.717, 1.165) is 5.56 Å². The first-order valence-corrected chi connectivity index (χ1v) is 8.95. The molecule has 0 spiro atoms. The Morgan fingerprint density at radius 2 is 1.59 bits per heavy atom. The van der Waals surface area contributed by atoms with Crippen molar-refractivity contribution in [3.8, 4) is 11.5 Å². The molecule has 27 heavy (non-hydrogen) atoms. The zero-order chi connectivity index (χ0) is 20.2. The van der Waals surface area contributed by atoms with Gasteiger partial charge < -0.3 is 23.8 Å². The highest BCUT2D eigenvalue weighted by molar-refractivity contribution is 5.84. The second kappa shape index (κ2) is 8.06. The quantitative estimate of drug-likeness (QED) is 0.748. The minimum absolute atomic E-state index is 0.321. The van der Waals surface area contributed by atoms with Crippen LogP contribution in [0.25, 0.3) is 0 Å². The second-order valence-electron chi connectivity index (χ2n) is 7.61. The Morgan fingerprint density at radius 3 is 2.07 bits per heavy atom. The third-order valence-corrected chi connectivity index (χ3v) is 4.78. The molecule has 1 aliphatic rings. The summed E-state index contributed by atoms with van der Waals surface area (Å²) in [6.07, 6.45) is 0.510. The minimum Gasteiger partial charge on any atom is -0.493 e. The van der Waals surface area contributed by atoms with Crippen LogP contribution >= 0.6 is 0 Å². The molecule has 1 aliphatic heterocycles. The van der Waals surface area contributed by atoms with E-state index in [2.05, 4.69) is 0 Å². The Bertz CT molecular complexity index is 686. The van der Waals surface area contributed by atoms with E-state index in [1.54, 1.807) is 31.3 Å². The van der Waals surface area contributed by atoms with E-state index >= 15 is 0 Å². The zero-order valence-electron chi connectivity index (χ0n) is 17.0. The molecule has 0 N–H and O–H groups in total. The minimum atomic E-state index is -0.840. The van der Waals surface area contributed by atoms with Crippen molar-refractivity contribution in [3.05, 3.63) is 23.8 Å². The Labute approximate surface area is 160 Å². The second-order valence-corrected chi connectivity index (χ2v) is 7.61. The van der Waals surface area contributed by atoms with E-state index in [1.165, 1.54) is 7.11 Å². The average molecular weight is 379 g/mol. The number of rotatable bonds is 4. The molecule has 150 valence electrons. The van der Waals surface area contributed by atoms with Gasteiger partial charge in [-0.05, 0) is 51.3 Å². The van der Waals surface area contributed by atoms with Crippen molar-refractivity contribution < 1.29 is 28.5 Å². The van der Waals surface area contributed by atoms with Crippen LogP contribution in [0.1, 0.15) is 39.2 Å². The number of esters is 1. The molecule has 7 nitrogen and oxygen atoms in total. The number of hydrogen-bond donors (Lipinski definition) is 0. The first-order valence-electron chi connectivity index (χ1n) is 8.95.